The van der Waals surface area contributed by atoms with Crippen LogP contribution in [0.1, 0.15) is 37.0 Å². The highest BCUT2D eigenvalue weighted by molar-refractivity contribution is 5.97. The lowest BCUT2D eigenvalue weighted by molar-refractivity contribution is -0.159. The van der Waals surface area contributed by atoms with Gasteiger partial charge in [0.2, 0.25) is 5.82 Å². The summed E-state index contributed by atoms with van der Waals surface area (Å²) in [5.74, 6) is -2.00. The number of alkyl halides is 3. The third kappa shape index (κ3) is 6.22. The topological polar surface area (TPSA) is 89.6 Å². The fraction of sp³-hybridized carbons (Fsp3) is 0.333. The fourth-order valence-electron chi connectivity index (χ4n) is 1.92. The van der Waals surface area contributed by atoms with Crippen molar-refractivity contribution in [3.05, 3.63) is 47.4 Å². The number of nitrogens with zero attached hydrogens (tertiary/aromatic N) is 3. The second-order valence-electron chi connectivity index (χ2n) is 6.08. The van der Waals surface area contributed by atoms with Gasteiger partial charge in [0, 0.05) is 11.1 Å². The maximum Gasteiger partial charge on any atom is 0.471 e. The number of allylic oxidation sites excluding steroid dienone is 1. The van der Waals surface area contributed by atoms with Gasteiger partial charge in [0.05, 0.1) is 12.3 Å². The van der Waals surface area contributed by atoms with E-state index in [1.165, 1.54) is 24.3 Å². The molecule has 1 heterocycles. The smallest absolute Gasteiger partial charge is 0.392 e. The summed E-state index contributed by atoms with van der Waals surface area (Å²) < 4.78 is 41.7. The minimum atomic E-state index is -4.71. The molecule has 1 aromatic carbocycles. The molecule has 1 N–H and O–H groups in total. The molecule has 0 spiro atoms. The Balaban J connectivity index is 1.92. The van der Waals surface area contributed by atoms with Gasteiger partial charge in [-0.25, -0.2) is 0 Å². The summed E-state index contributed by atoms with van der Waals surface area (Å²) in [7, 11) is 0. The van der Waals surface area contributed by atoms with E-state index in [1.807, 2.05) is 19.9 Å². The molecule has 0 aliphatic rings. The van der Waals surface area contributed by atoms with Crippen molar-refractivity contribution < 1.29 is 27.3 Å². The van der Waals surface area contributed by atoms with Crippen molar-refractivity contribution in [2.75, 3.05) is 13.2 Å². The molecule has 0 aliphatic heterocycles. The monoisotopic (exact) mass is 396 g/mol. The molecule has 10 heteroatoms. The normalized spacial score (nSPS) is 11.9. The molecule has 0 saturated carbocycles. The van der Waals surface area contributed by atoms with Crippen LogP contribution in [0.2, 0.25) is 0 Å². The first-order valence-electron chi connectivity index (χ1n) is 8.25. The molecule has 7 nitrogen and oxygen atoms in total. The second-order valence-corrected chi connectivity index (χ2v) is 6.08. The molecule has 2 aromatic rings. The second kappa shape index (κ2) is 9.16. The quantitative estimate of drug-likeness (QED) is 0.332. The number of aromatic nitrogens is 2. The lowest BCUT2D eigenvalue weighted by Crippen LogP contribution is -2.28. The van der Waals surface area contributed by atoms with Crippen molar-refractivity contribution in [1.29, 1.82) is 0 Å². The van der Waals surface area contributed by atoms with Crippen molar-refractivity contribution in [3.8, 4) is 11.4 Å². The van der Waals surface area contributed by atoms with Crippen LogP contribution in [0.4, 0.5) is 13.2 Å². The van der Waals surface area contributed by atoms with E-state index in [0.29, 0.717) is 23.4 Å². The van der Waals surface area contributed by atoms with Crippen LogP contribution >= 0.6 is 0 Å². The van der Waals surface area contributed by atoms with E-state index in [9.17, 15) is 18.0 Å². The van der Waals surface area contributed by atoms with Gasteiger partial charge in [-0.05, 0) is 39.0 Å². The van der Waals surface area contributed by atoms with Gasteiger partial charge in [0.25, 0.3) is 5.91 Å². The van der Waals surface area contributed by atoms with Gasteiger partial charge >= 0.3 is 12.1 Å². The summed E-state index contributed by atoms with van der Waals surface area (Å²) in [5, 5.41) is 9.84. The first-order valence-corrected chi connectivity index (χ1v) is 8.25. The lowest BCUT2D eigenvalue weighted by Gasteiger charge is -2.05. The number of hydrogen-bond donors (Lipinski definition) is 1. The van der Waals surface area contributed by atoms with Gasteiger partial charge in [-0.2, -0.15) is 18.2 Å². The van der Waals surface area contributed by atoms with E-state index in [-0.39, 0.29) is 18.3 Å². The zero-order chi connectivity index (χ0) is 20.7. The van der Waals surface area contributed by atoms with Crippen molar-refractivity contribution in [2.45, 2.75) is 26.9 Å². The van der Waals surface area contributed by atoms with Crippen molar-refractivity contribution in [1.82, 2.24) is 15.5 Å². The zero-order valence-electron chi connectivity index (χ0n) is 15.5. The van der Waals surface area contributed by atoms with Gasteiger partial charge < -0.3 is 14.7 Å². The molecule has 0 fully saturated rings. The maximum absolute atomic E-state index is 12.5. The number of carbonyl (C=O) groups is 1. The largest absolute Gasteiger partial charge is 0.471 e. The van der Waals surface area contributed by atoms with Crippen LogP contribution in [0.25, 0.3) is 11.4 Å². The molecular weight excluding hydrogens is 377 g/mol. The summed E-state index contributed by atoms with van der Waals surface area (Å²) in [6.45, 7) is 6.13. The van der Waals surface area contributed by atoms with Crippen LogP contribution < -0.4 is 5.32 Å². The Kier molecular flexibility index (Phi) is 6.91. The predicted molar refractivity (Wildman–Crippen MR) is 95.6 cm³/mol. The summed E-state index contributed by atoms with van der Waals surface area (Å²) in [6.07, 6.45) is -2.84. The van der Waals surface area contributed by atoms with Gasteiger partial charge in [0.1, 0.15) is 6.61 Å². The van der Waals surface area contributed by atoms with E-state index >= 15 is 0 Å². The first kappa shape index (κ1) is 21.1. The van der Waals surface area contributed by atoms with E-state index < -0.39 is 12.1 Å². The van der Waals surface area contributed by atoms with Crippen molar-refractivity contribution >= 4 is 11.6 Å². The van der Waals surface area contributed by atoms with Crippen molar-refractivity contribution in [2.24, 2.45) is 5.16 Å². The molecule has 0 saturated heterocycles. The molecule has 1 amide bonds. The molecule has 28 heavy (non-hydrogen) atoms. The average Bonchev–Trinajstić information content (AvgIpc) is 3.14. The maximum atomic E-state index is 12.5. The third-order valence-corrected chi connectivity index (χ3v) is 3.37. The molecule has 0 radical (unpaired) electrons. The van der Waals surface area contributed by atoms with Crippen LogP contribution in [-0.4, -0.2) is 34.9 Å². The van der Waals surface area contributed by atoms with E-state index in [4.69, 9.17) is 4.84 Å². The molecule has 2 rings (SSSR count). The number of halogens is 3. The Morgan fingerprint density at radius 3 is 2.50 bits per heavy atom. The van der Waals surface area contributed by atoms with Crippen LogP contribution in [0.15, 0.2) is 45.6 Å². The SMILES string of the molecule is CC(C)=CCON=C(C)CNC(=O)c1ccc(-c2noc(C(F)(F)F)n2)cc1. The Morgan fingerprint density at radius 1 is 1.25 bits per heavy atom. The highest BCUT2D eigenvalue weighted by Gasteiger charge is 2.38. The first-order chi connectivity index (χ1) is 13.2. The summed E-state index contributed by atoms with van der Waals surface area (Å²) in [6, 6.07) is 5.77. The van der Waals surface area contributed by atoms with Crippen LogP contribution in [0, 0.1) is 0 Å². The third-order valence-electron chi connectivity index (χ3n) is 3.37. The number of rotatable bonds is 7. The highest BCUT2D eigenvalue weighted by atomic mass is 19.4. The fourth-order valence-corrected chi connectivity index (χ4v) is 1.92. The zero-order valence-corrected chi connectivity index (χ0v) is 15.5. The Morgan fingerprint density at radius 2 is 1.93 bits per heavy atom. The van der Waals surface area contributed by atoms with Gasteiger partial charge in [-0.1, -0.05) is 28.0 Å². The molecule has 1 aromatic heterocycles. The van der Waals surface area contributed by atoms with E-state index in [1.54, 1.807) is 6.92 Å². The van der Waals surface area contributed by atoms with Crippen molar-refractivity contribution in [3.63, 3.8) is 0 Å². The molecule has 0 atom stereocenters. The predicted octanol–water partition coefficient (Wildman–Crippen LogP) is 3.84. The minimum absolute atomic E-state index is 0.190. The Labute approximate surface area is 159 Å². The summed E-state index contributed by atoms with van der Waals surface area (Å²) >= 11 is 0. The van der Waals surface area contributed by atoms with Gasteiger partial charge in [-0.15, -0.1) is 0 Å². The highest BCUT2D eigenvalue weighted by Crippen LogP contribution is 2.29. The van der Waals surface area contributed by atoms with Crippen LogP contribution in [-0.2, 0) is 11.0 Å². The minimum Gasteiger partial charge on any atom is -0.392 e. The molecule has 0 unspecified atom stereocenters. The number of oxime groups is 1. The van der Waals surface area contributed by atoms with Gasteiger partial charge in [0.15, 0.2) is 0 Å². The summed E-state index contributed by atoms with van der Waals surface area (Å²) in [5.41, 5.74) is 2.31. The number of benzene rings is 1. The average molecular weight is 396 g/mol. The summed E-state index contributed by atoms with van der Waals surface area (Å²) in [4.78, 5) is 20.5. The lowest BCUT2D eigenvalue weighted by atomic mass is 10.1. The van der Waals surface area contributed by atoms with E-state index in [2.05, 4.69) is 25.1 Å². The van der Waals surface area contributed by atoms with Crippen LogP contribution in [0.3, 0.4) is 0 Å². The number of hydrogen-bond acceptors (Lipinski definition) is 6. The standard InChI is InChI=1S/C18H19F3N4O3/c1-11(2)8-9-27-24-12(3)10-22-16(26)14-6-4-13(5-7-14)15-23-17(28-25-15)18(19,20)21/h4-8H,9-10H2,1-3H3,(H,22,26). The Bertz CT molecular complexity index is 867. The number of carbonyl (C=O) groups excluding carboxylic acids is 1. The molecule has 0 bridgehead atoms. The Hall–Kier alpha value is -3.17. The molecule has 150 valence electrons. The van der Waals surface area contributed by atoms with E-state index in [0.717, 1.165) is 5.57 Å². The number of amides is 1. The number of nitrogens with one attached hydrogen (secondary N) is 1. The molecule has 0 aliphatic carbocycles. The van der Waals surface area contributed by atoms with Crippen LogP contribution in [0.5, 0.6) is 0 Å². The molecular formula is C18H19F3N4O3. The van der Waals surface area contributed by atoms with Gasteiger partial charge in [-0.3, -0.25) is 4.79 Å².